The molecular formula is C12H16ClN3O2. The zero-order valence-electron chi connectivity index (χ0n) is 10.4. The van der Waals surface area contributed by atoms with Gasteiger partial charge in [-0.1, -0.05) is 11.6 Å². The van der Waals surface area contributed by atoms with E-state index in [1.54, 1.807) is 11.0 Å². The molecule has 1 aromatic heterocycles. The maximum atomic E-state index is 12.4. The van der Waals surface area contributed by atoms with Gasteiger partial charge in [0.15, 0.2) is 0 Å². The van der Waals surface area contributed by atoms with E-state index in [1.165, 1.54) is 6.20 Å². The van der Waals surface area contributed by atoms with Crippen LogP contribution in [0.15, 0.2) is 12.3 Å². The Kier molecular flexibility index (Phi) is 3.73. The van der Waals surface area contributed by atoms with Crippen LogP contribution in [0.1, 0.15) is 24.2 Å². The highest BCUT2D eigenvalue weighted by molar-refractivity contribution is 6.32. The van der Waals surface area contributed by atoms with Gasteiger partial charge in [-0.3, -0.25) is 4.79 Å². The van der Waals surface area contributed by atoms with E-state index >= 15 is 0 Å². The maximum Gasteiger partial charge on any atom is 0.257 e. The number of carbonyl (C=O) groups excluding carboxylic acids is 1. The first-order chi connectivity index (χ1) is 8.47. The summed E-state index contributed by atoms with van der Waals surface area (Å²) >= 11 is 5.94. The fraction of sp³-hybridized carbons (Fsp3) is 0.500. The van der Waals surface area contributed by atoms with Crippen molar-refractivity contribution < 1.29 is 9.53 Å². The normalized spacial score (nSPS) is 24.1. The number of amides is 1. The van der Waals surface area contributed by atoms with Crippen LogP contribution in [0.4, 0.5) is 5.69 Å². The standard InChI is InChI=1S/C12H16ClN3O2/c1-7-5-16(6-8(2)18-7)12(17)10-3-9(14)4-15-11(10)13/h3-4,7-8H,5-6,14H2,1-2H3. The van der Waals surface area contributed by atoms with E-state index in [1.807, 2.05) is 13.8 Å². The van der Waals surface area contributed by atoms with Crippen molar-refractivity contribution in [1.29, 1.82) is 0 Å². The van der Waals surface area contributed by atoms with Crippen LogP contribution in [0.5, 0.6) is 0 Å². The third-order valence-corrected chi connectivity index (χ3v) is 3.10. The molecule has 1 saturated heterocycles. The molecule has 2 unspecified atom stereocenters. The average molecular weight is 270 g/mol. The summed E-state index contributed by atoms with van der Waals surface area (Å²) in [6.45, 7) is 4.98. The number of halogens is 1. The second-order valence-electron chi connectivity index (χ2n) is 4.57. The highest BCUT2D eigenvalue weighted by atomic mass is 35.5. The van der Waals surface area contributed by atoms with Crippen molar-refractivity contribution in [2.75, 3.05) is 18.8 Å². The van der Waals surface area contributed by atoms with Gasteiger partial charge in [0.05, 0.1) is 29.7 Å². The second-order valence-corrected chi connectivity index (χ2v) is 4.93. The van der Waals surface area contributed by atoms with Crippen LogP contribution < -0.4 is 5.73 Å². The zero-order valence-corrected chi connectivity index (χ0v) is 11.1. The molecule has 2 atom stereocenters. The quantitative estimate of drug-likeness (QED) is 0.786. The first-order valence-corrected chi connectivity index (χ1v) is 6.21. The number of carbonyl (C=O) groups is 1. The second kappa shape index (κ2) is 5.12. The third kappa shape index (κ3) is 2.73. The lowest BCUT2D eigenvalue weighted by atomic mass is 10.2. The Morgan fingerprint density at radius 1 is 1.50 bits per heavy atom. The van der Waals surface area contributed by atoms with Crippen molar-refractivity contribution >= 4 is 23.2 Å². The minimum absolute atomic E-state index is 0.0190. The number of ether oxygens (including phenoxy) is 1. The van der Waals surface area contributed by atoms with E-state index in [0.29, 0.717) is 24.3 Å². The number of pyridine rings is 1. The van der Waals surface area contributed by atoms with Crippen LogP contribution in [0.25, 0.3) is 0 Å². The summed E-state index contributed by atoms with van der Waals surface area (Å²) in [6.07, 6.45) is 1.47. The predicted molar refractivity (Wildman–Crippen MR) is 69.6 cm³/mol. The molecule has 0 bridgehead atoms. The molecule has 1 fully saturated rings. The summed E-state index contributed by atoms with van der Waals surface area (Å²) in [5, 5.41) is 0.181. The molecule has 0 aliphatic carbocycles. The molecule has 2 N–H and O–H groups in total. The molecule has 2 heterocycles. The number of nitrogen functional groups attached to an aromatic ring is 1. The molecule has 1 aliphatic heterocycles. The monoisotopic (exact) mass is 269 g/mol. The van der Waals surface area contributed by atoms with Crippen molar-refractivity contribution in [1.82, 2.24) is 9.88 Å². The Hall–Kier alpha value is -1.33. The van der Waals surface area contributed by atoms with E-state index in [2.05, 4.69) is 4.98 Å². The van der Waals surface area contributed by atoms with E-state index in [9.17, 15) is 4.79 Å². The van der Waals surface area contributed by atoms with Gasteiger partial charge in [-0.25, -0.2) is 4.98 Å². The Labute approximate surface area is 111 Å². The fourth-order valence-corrected chi connectivity index (χ4v) is 2.31. The molecule has 18 heavy (non-hydrogen) atoms. The number of rotatable bonds is 1. The van der Waals surface area contributed by atoms with E-state index in [0.717, 1.165) is 0 Å². The summed E-state index contributed by atoms with van der Waals surface area (Å²) in [4.78, 5) is 18.0. The Morgan fingerprint density at radius 3 is 2.72 bits per heavy atom. The van der Waals surface area contributed by atoms with Crippen molar-refractivity contribution in [2.45, 2.75) is 26.1 Å². The lowest BCUT2D eigenvalue weighted by molar-refractivity contribution is -0.0586. The molecule has 0 saturated carbocycles. The van der Waals surface area contributed by atoms with Crippen molar-refractivity contribution in [3.63, 3.8) is 0 Å². The zero-order chi connectivity index (χ0) is 13.3. The molecule has 1 aromatic rings. The van der Waals surface area contributed by atoms with Gasteiger partial charge in [-0.15, -0.1) is 0 Å². The number of nitrogens with two attached hydrogens (primary N) is 1. The SMILES string of the molecule is CC1CN(C(=O)c2cc(N)cnc2Cl)CC(C)O1. The van der Waals surface area contributed by atoms with Gasteiger partial charge in [-0.2, -0.15) is 0 Å². The average Bonchev–Trinajstić information content (AvgIpc) is 2.30. The summed E-state index contributed by atoms with van der Waals surface area (Å²) in [6, 6.07) is 1.56. The minimum atomic E-state index is -0.151. The number of morpholine rings is 1. The van der Waals surface area contributed by atoms with Gasteiger partial charge in [0.1, 0.15) is 5.15 Å². The van der Waals surface area contributed by atoms with E-state index < -0.39 is 0 Å². The van der Waals surface area contributed by atoms with Gasteiger partial charge in [0, 0.05) is 13.1 Å². The van der Waals surface area contributed by atoms with E-state index in [-0.39, 0.29) is 23.3 Å². The van der Waals surface area contributed by atoms with Gasteiger partial charge in [-0.05, 0) is 19.9 Å². The number of anilines is 1. The Bertz CT molecular complexity index is 457. The molecular weight excluding hydrogens is 254 g/mol. The maximum absolute atomic E-state index is 12.4. The minimum Gasteiger partial charge on any atom is -0.397 e. The number of aromatic nitrogens is 1. The lowest BCUT2D eigenvalue weighted by Gasteiger charge is -2.35. The smallest absolute Gasteiger partial charge is 0.257 e. The molecule has 0 aromatic carbocycles. The largest absolute Gasteiger partial charge is 0.397 e. The molecule has 0 spiro atoms. The Balaban J connectivity index is 2.22. The van der Waals surface area contributed by atoms with E-state index in [4.69, 9.17) is 22.1 Å². The first-order valence-electron chi connectivity index (χ1n) is 5.83. The third-order valence-electron chi connectivity index (χ3n) is 2.80. The summed E-state index contributed by atoms with van der Waals surface area (Å²) < 4.78 is 5.59. The highest BCUT2D eigenvalue weighted by Crippen LogP contribution is 2.20. The molecule has 2 rings (SSSR count). The number of nitrogens with zero attached hydrogens (tertiary/aromatic N) is 2. The molecule has 98 valence electrons. The van der Waals surface area contributed by atoms with Crippen LogP contribution in [0, 0.1) is 0 Å². The van der Waals surface area contributed by atoms with Crippen LogP contribution in [0.3, 0.4) is 0 Å². The fourth-order valence-electron chi connectivity index (χ4n) is 2.13. The first kappa shape index (κ1) is 13.1. The summed E-state index contributed by atoms with van der Waals surface area (Å²) in [5.41, 5.74) is 6.41. The van der Waals surface area contributed by atoms with Gasteiger partial charge >= 0.3 is 0 Å². The molecule has 1 aliphatic rings. The summed E-state index contributed by atoms with van der Waals surface area (Å²) in [7, 11) is 0. The van der Waals surface area contributed by atoms with Crippen molar-refractivity contribution in [3.05, 3.63) is 23.0 Å². The van der Waals surface area contributed by atoms with Crippen LogP contribution in [-0.2, 0) is 4.74 Å². The Morgan fingerprint density at radius 2 is 2.11 bits per heavy atom. The van der Waals surface area contributed by atoms with Crippen molar-refractivity contribution in [3.8, 4) is 0 Å². The van der Waals surface area contributed by atoms with Crippen LogP contribution in [-0.4, -0.2) is 41.1 Å². The predicted octanol–water partition coefficient (Wildman–Crippen LogP) is 1.57. The van der Waals surface area contributed by atoms with Gasteiger partial charge < -0.3 is 15.4 Å². The molecule has 0 radical (unpaired) electrons. The van der Waals surface area contributed by atoms with Crippen LogP contribution >= 0.6 is 11.6 Å². The molecule has 6 heteroatoms. The van der Waals surface area contributed by atoms with Gasteiger partial charge in [0.25, 0.3) is 5.91 Å². The highest BCUT2D eigenvalue weighted by Gasteiger charge is 2.28. The summed E-state index contributed by atoms with van der Waals surface area (Å²) in [5.74, 6) is -0.151. The number of hydrogen-bond donors (Lipinski definition) is 1. The van der Waals surface area contributed by atoms with Crippen molar-refractivity contribution in [2.24, 2.45) is 0 Å². The topological polar surface area (TPSA) is 68.5 Å². The van der Waals surface area contributed by atoms with Gasteiger partial charge in [0.2, 0.25) is 0 Å². The number of hydrogen-bond acceptors (Lipinski definition) is 4. The lowest BCUT2D eigenvalue weighted by Crippen LogP contribution is -2.48. The molecule has 5 nitrogen and oxygen atoms in total. The molecule has 1 amide bonds. The van der Waals surface area contributed by atoms with Crippen LogP contribution in [0.2, 0.25) is 5.15 Å².